The fourth-order valence-electron chi connectivity index (χ4n) is 5.78. The van der Waals surface area contributed by atoms with Crippen LogP contribution in [0.2, 0.25) is 5.02 Å². The number of piperidine rings is 1. The van der Waals surface area contributed by atoms with Crippen molar-refractivity contribution in [1.82, 2.24) is 9.97 Å². The minimum atomic E-state index is -0.0340. The second-order valence-electron chi connectivity index (χ2n) is 10.4. The number of hydrogen-bond acceptors (Lipinski definition) is 6. The number of thioether (sulfide) groups is 1. The van der Waals surface area contributed by atoms with E-state index in [4.69, 9.17) is 21.6 Å². The predicted octanol–water partition coefficient (Wildman–Crippen LogP) is 6.71. The first-order valence-corrected chi connectivity index (χ1v) is 14.5. The number of nitrogens with one attached hydrogen (secondary N) is 1. The van der Waals surface area contributed by atoms with Crippen molar-refractivity contribution in [3.05, 3.63) is 70.4 Å². The Labute approximate surface area is 222 Å². The van der Waals surface area contributed by atoms with Crippen LogP contribution in [0, 0.1) is 0 Å². The second kappa shape index (κ2) is 10.2. The summed E-state index contributed by atoms with van der Waals surface area (Å²) in [7, 11) is 0. The number of rotatable bonds is 6. The molecule has 1 saturated heterocycles. The van der Waals surface area contributed by atoms with Crippen LogP contribution in [0.1, 0.15) is 61.3 Å². The molecule has 0 amide bonds. The highest BCUT2D eigenvalue weighted by molar-refractivity contribution is 7.99. The van der Waals surface area contributed by atoms with Crippen molar-refractivity contribution in [2.75, 3.05) is 35.7 Å². The second-order valence-corrected chi connectivity index (χ2v) is 11.9. The van der Waals surface area contributed by atoms with Crippen molar-refractivity contribution in [1.29, 1.82) is 0 Å². The van der Waals surface area contributed by atoms with Gasteiger partial charge in [-0.05, 0) is 85.6 Å². The van der Waals surface area contributed by atoms with E-state index in [1.54, 1.807) is 0 Å². The summed E-state index contributed by atoms with van der Waals surface area (Å²) in [5.41, 5.74) is 4.78. The summed E-state index contributed by atoms with van der Waals surface area (Å²) >= 11 is 7.95. The summed E-state index contributed by atoms with van der Waals surface area (Å²) < 4.78 is 0. The fourth-order valence-corrected chi connectivity index (χ4v) is 6.94. The third-order valence-electron chi connectivity index (χ3n) is 8.22. The van der Waals surface area contributed by atoms with E-state index in [-0.39, 0.29) is 12.0 Å². The van der Waals surface area contributed by atoms with Crippen molar-refractivity contribution in [2.24, 2.45) is 0 Å². The van der Waals surface area contributed by atoms with Crippen LogP contribution >= 0.6 is 23.4 Å². The molecule has 3 aliphatic rings. The lowest BCUT2D eigenvalue weighted by Gasteiger charge is -2.41. The van der Waals surface area contributed by atoms with E-state index in [2.05, 4.69) is 46.6 Å². The van der Waals surface area contributed by atoms with Crippen molar-refractivity contribution in [2.45, 2.75) is 61.2 Å². The third-order valence-corrected chi connectivity index (χ3v) is 9.68. The van der Waals surface area contributed by atoms with E-state index in [0.717, 1.165) is 79.8 Å². The van der Waals surface area contributed by atoms with Gasteiger partial charge in [-0.15, -0.1) is 11.8 Å². The molecule has 6 rings (SSSR count). The van der Waals surface area contributed by atoms with Crippen molar-refractivity contribution >= 4 is 40.8 Å². The van der Waals surface area contributed by atoms with Crippen LogP contribution in [0.4, 0.5) is 17.5 Å². The van der Waals surface area contributed by atoms with Gasteiger partial charge in [0.1, 0.15) is 5.82 Å². The van der Waals surface area contributed by atoms with Crippen LogP contribution in [0.25, 0.3) is 0 Å². The summed E-state index contributed by atoms with van der Waals surface area (Å²) in [5.74, 6) is 3.43. The zero-order valence-electron chi connectivity index (χ0n) is 20.5. The van der Waals surface area contributed by atoms with Gasteiger partial charge in [-0.1, -0.05) is 42.3 Å². The van der Waals surface area contributed by atoms with Gasteiger partial charge in [0.15, 0.2) is 0 Å². The average molecular weight is 521 g/mol. The normalized spacial score (nSPS) is 19.4. The SMILES string of the molecule is OCC1(c2ccc(Nc3nc(N4CCC(c5ccc(Cl)cc5)CC4)nc4c3SCCC4)cc2)CCC1. The highest BCUT2D eigenvalue weighted by Gasteiger charge is 2.37. The van der Waals surface area contributed by atoms with Gasteiger partial charge in [0.2, 0.25) is 5.95 Å². The lowest BCUT2D eigenvalue weighted by Crippen LogP contribution is -2.37. The molecule has 188 valence electrons. The minimum absolute atomic E-state index is 0.0340. The summed E-state index contributed by atoms with van der Waals surface area (Å²) in [4.78, 5) is 13.6. The number of fused-ring (bicyclic) bond motifs is 1. The minimum Gasteiger partial charge on any atom is -0.395 e. The Kier molecular flexibility index (Phi) is 6.84. The Hall–Kier alpha value is -2.28. The first-order valence-electron chi connectivity index (χ1n) is 13.2. The van der Waals surface area contributed by atoms with Crippen LogP contribution in [0.5, 0.6) is 0 Å². The Bertz CT molecular complexity index is 1200. The smallest absolute Gasteiger partial charge is 0.227 e. The van der Waals surface area contributed by atoms with Crippen molar-refractivity contribution in [3.8, 4) is 0 Å². The molecule has 1 saturated carbocycles. The zero-order chi connectivity index (χ0) is 24.5. The van der Waals surface area contributed by atoms with Gasteiger partial charge in [-0.2, -0.15) is 4.98 Å². The molecule has 3 aromatic rings. The number of hydrogen-bond donors (Lipinski definition) is 2. The van der Waals surface area contributed by atoms with Crippen LogP contribution in [-0.4, -0.2) is 40.5 Å². The Morgan fingerprint density at radius 2 is 1.75 bits per heavy atom. The molecular weight excluding hydrogens is 488 g/mol. The standard InChI is InChI=1S/C29H33ClN4OS/c30-23-8-4-20(5-9-23)21-12-16-34(17-13-21)28-32-25-3-1-18-36-26(25)27(33-28)31-24-10-6-22(7-11-24)29(19-35)14-2-15-29/h4-11,21,35H,1-3,12-19H2,(H,31,32,33). The van der Waals surface area contributed by atoms with Gasteiger partial charge in [0.25, 0.3) is 0 Å². The number of aliphatic hydroxyl groups is 1. The van der Waals surface area contributed by atoms with Gasteiger partial charge in [-0.25, -0.2) is 4.98 Å². The average Bonchev–Trinajstić information content (AvgIpc) is 2.90. The number of aromatic nitrogens is 2. The Morgan fingerprint density at radius 3 is 2.42 bits per heavy atom. The molecule has 1 aliphatic carbocycles. The molecule has 2 aromatic carbocycles. The molecule has 2 fully saturated rings. The van der Waals surface area contributed by atoms with Crippen LogP contribution in [0.15, 0.2) is 53.4 Å². The van der Waals surface area contributed by atoms with E-state index in [1.165, 1.54) is 28.1 Å². The number of nitrogens with zero attached hydrogens (tertiary/aromatic N) is 3. The maximum Gasteiger partial charge on any atom is 0.227 e. The molecule has 0 radical (unpaired) electrons. The monoisotopic (exact) mass is 520 g/mol. The largest absolute Gasteiger partial charge is 0.395 e. The number of benzene rings is 2. The molecule has 0 unspecified atom stereocenters. The molecule has 7 heteroatoms. The first-order chi connectivity index (χ1) is 17.6. The summed E-state index contributed by atoms with van der Waals surface area (Å²) in [5, 5.41) is 14.3. The molecule has 5 nitrogen and oxygen atoms in total. The first kappa shape index (κ1) is 24.1. The van der Waals surface area contributed by atoms with Gasteiger partial charge < -0.3 is 15.3 Å². The van der Waals surface area contributed by atoms with E-state index in [0.29, 0.717) is 5.92 Å². The molecule has 2 N–H and O–H groups in total. The fraction of sp³-hybridized carbons (Fsp3) is 0.448. The maximum absolute atomic E-state index is 9.93. The summed E-state index contributed by atoms with van der Waals surface area (Å²) in [6, 6.07) is 16.9. The van der Waals surface area contributed by atoms with Gasteiger partial charge in [-0.3, -0.25) is 0 Å². The number of anilines is 3. The quantitative estimate of drug-likeness (QED) is 0.376. The van der Waals surface area contributed by atoms with Crippen LogP contribution in [0.3, 0.4) is 0 Å². The third kappa shape index (κ3) is 4.71. The molecule has 3 heterocycles. The predicted molar refractivity (Wildman–Crippen MR) is 149 cm³/mol. The van der Waals surface area contributed by atoms with Gasteiger partial charge >= 0.3 is 0 Å². The van der Waals surface area contributed by atoms with E-state index < -0.39 is 0 Å². The molecule has 0 atom stereocenters. The lowest BCUT2D eigenvalue weighted by atomic mass is 9.65. The molecule has 0 bridgehead atoms. The topological polar surface area (TPSA) is 61.3 Å². The Balaban J connectivity index is 1.21. The van der Waals surface area contributed by atoms with Crippen LogP contribution < -0.4 is 10.2 Å². The van der Waals surface area contributed by atoms with Crippen LogP contribution in [-0.2, 0) is 11.8 Å². The van der Waals surface area contributed by atoms with Gasteiger partial charge in [0.05, 0.1) is 17.2 Å². The summed E-state index contributed by atoms with van der Waals surface area (Å²) in [6.45, 7) is 2.14. The zero-order valence-corrected chi connectivity index (χ0v) is 22.1. The molecule has 0 spiro atoms. The molecule has 1 aromatic heterocycles. The van der Waals surface area contributed by atoms with Crippen molar-refractivity contribution < 1.29 is 5.11 Å². The molecule has 36 heavy (non-hydrogen) atoms. The number of aliphatic hydroxyl groups excluding tert-OH is 1. The maximum atomic E-state index is 9.93. The van der Waals surface area contributed by atoms with E-state index in [9.17, 15) is 5.11 Å². The molecule has 2 aliphatic heterocycles. The van der Waals surface area contributed by atoms with E-state index >= 15 is 0 Å². The molecular formula is C29H33ClN4OS. The number of aryl methyl sites for hydroxylation is 1. The highest BCUT2D eigenvalue weighted by Crippen LogP contribution is 2.44. The Morgan fingerprint density at radius 1 is 1.00 bits per heavy atom. The lowest BCUT2D eigenvalue weighted by molar-refractivity contribution is 0.120. The number of halogens is 1. The van der Waals surface area contributed by atoms with E-state index in [1.807, 2.05) is 23.9 Å². The van der Waals surface area contributed by atoms with Crippen molar-refractivity contribution in [3.63, 3.8) is 0 Å². The van der Waals surface area contributed by atoms with Gasteiger partial charge in [0, 0.05) is 29.2 Å². The highest BCUT2D eigenvalue weighted by atomic mass is 35.5. The summed E-state index contributed by atoms with van der Waals surface area (Å²) in [6.07, 6.45) is 7.69.